The van der Waals surface area contributed by atoms with Gasteiger partial charge in [0, 0.05) is 0 Å². The molecule has 0 aliphatic carbocycles. The molecule has 82 valence electrons. The van der Waals surface area contributed by atoms with Gasteiger partial charge < -0.3 is 0 Å². The van der Waals surface area contributed by atoms with E-state index in [1.54, 1.807) is 5.57 Å². The third-order valence-corrected chi connectivity index (χ3v) is 2.79. The molecule has 0 heterocycles. The summed E-state index contributed by atoms with van der Waals surface area (Å²) in [6.07, 6.45) is 12.4. The van der Waals surface area contributed by atoms with E-state index in [2.05, 4.69) is 39.8 Å². The van der Waals surface area contributed by atoms with Crippen LogP contribution in [0.1, 0.15) is 66.2 Å². The quantitative estimate of drug-likeness (QED) is 0.383. The lowest BCUT2D eigenvalue weighted by Gasteiger charge is -2.09. The van der Waals surface area contributed by atoms with Crippen molar-refractivity contribution in [3.05, 3.63) is 23.3 Å². The summed E-state index contributed by atoms with van der Waals surface area (Å²) in [5, 5.41) is 0. The van der Waals surface area contributed by atoms with Gasteiger partial charge in [-0.05, 0) is 44.3 Å². The second kappa shape index (κ2) is 9.05. The average molecular weight is 194 g/mol. The van der Waals surface area contributed by atoms with E-state index in [0.29, 0.717) is 0 Å². The van der Waals surface area contributed by atoms with Crippen LogP contribution in [-0.2, 0) is 0 Å². The summed E-state index contributed by atoms with van der Waals surface area (Å²) in [5.74, 6) is 0. The van der Waals surface area contributed by atoms with E-state index in [-0.39, 0.29) is 0 Å². The summed E-state index contributed by atoms with van der Waals surface area (Å²) in [6, 6.07) is 0. The zero-order valence-corrected chi connectivity index (χ0v) is 10.4. The highest BCUT2D eigenvalue weighted by molar-refractivity contribution is 5.29. The first-order chi connectivity index (χ1) is 6.79. The van der Waals surface area contributed by atoms with E-state index >= 15 is 0 Å². The molecule has 0 heteroatoms. The van der Waals surface area contributed by atoms with Crippen LogP contribution in [0.4, 0.5) is 0 Å². The Morgan fingerprint density at radius 1 is 0.857 bits per heavy atom. The standard InChI is InChI=1S/C14H26/c1-5-9-10-11-12-14(8-4)13(6-2)7-3/h6,8H,5,7,9-12H2,1-4H3/b13-6+,14-8+. The van der Waals surface area contributed by atoms with Crippen molar-refractivity contribution < 1.29 is 0 Å². The van der Waals surface area contributed by atoms with E-state index in [1.165, 1.54) is 44.1 Å². The number of allylic oxidation sites excluding steroid dienone is 4. The van der Waals surface area contributed by atoms with Crippen LogP contribution < -0.4 is 0 Å². The summed E-state index contributed by atoms with van der Waals surface area (Å²) in [4.78, 5) is 0. The van der Waals surface area contributed by atoms with Gasteiger partial charge in [-0.1, -0.05) is 45.3 Å². The highest BCUT2D eigenvalue weighted by Crippen LogP contribution is 2.20. The molecule has 0 radical (unpaired) electrons. The largest absolute Gasteiger partial charge is 0.0842 e. The molecule has 0 atom stereocenters. The average Bonchev–Trinajstić information content (AvgIpc) is 2.23. The van der Waals surface area contributed by atoms with E-state index in [4.69, 9.17) is 0 Å². The van der Waals surface area contributed by atoms with Crippen LogP contribution in [0, 0.1) is 0 Å². The summed E-state index contributed by atoms with van der Waals surface area (Å²) < 4.78 is 0. The van der Waals surface area contributed by atoms with Crippen LogP contribution in [0.25, 0.3) is 0 Å². The van der Waals surface area contributed by atoms with Crippen molar-refractivity contribution in [1.29, 1.82) is 0 Å². The Morgan fingerprint density at radius 3 is 1.93 bits per heavy atom. The minimum atomic E-state index is 1.17. The molecule has 0 rings (SSSR count). The highest BCUT2D eigenvalue weighted by atomic mass is 14.1. The van der Waals surface area contributed by atoms with Gasteiger partial charge in [0.1, 0.15) is 0 Å². The van der Waals surface area contributed by atoms with Gasteiger partial charge in [0.15, 0.2) is 0 Å². The smallest absolute Gasteiger partial charge is 0.0280 e. The Kier molecular flexibility index (Phi) is 8.72. The molecule has 0 N–H and O–H groups in total. The molecule has 0 aliphatic heterocycles. The molecule has 0 saturated heterocycles. The molecule has 0 bridgehead atoms. The second-order valence-electron chi connectivity index (χ2n) is 3.79. The van der Waals surface area contributed by atoms with E-state index < -0.39 is 0 Å². The SMILES string of the molecule is C/C=C(CC)/C(=C/C)CCCCCC. The number of hydrogen-bond donors (Lipinski definition) is 0. The maximum Gasteiger partial charge on any atom is -0.0280 e. The Morgan fingerprint density at radius 2 is 1.50 bits per heavy atom. The van der Waals surface area contributed by atoms with Crippen molar-refractivity contribution in [1.82, 2.24) is 0 Å². The minimum absolute atomic E-state index is 1.17. The summed E-state index contributed by atoms with van der Waals surface area (Å²) in [6.45, 7) is 8.81. The van der Waals surface area contributed by atoms with E-state index in [1.807, 2.05) is 0 Å². The first-order valence-corrected chi connectivity index (χ1v) is 6.10. The molecule has 0 aromatic heterocycles. The van der Waals surface area contributed by atoms with Gasteiger partial charge in [0.25, 0.3) is 0 Å². The van der Waals surface area contributed by atoms with Crippen LogP contribution in [0.15, 0.2) is 23.3 Å². The fourth-order valence-electron chi connectivity index (χ4n) is 1.85. The van der Waals surface area contributed by atoms with E-state index in [0.717, 1.165) is 0 Å². The molecule has 0 fully saturated rings. The van der Waals surface area contributed by atoms with Gasteiger partial charge in [-0.15, -0.1) is 0 Å². The fraction of sp³-hybridized carbons (Fsp3) is 0.714. The molecular formula is C14H26. The molecule has 0 amide bonds. The lowest BCUT2D eigenvalue weighted by Crippen LogP contribution is -1.89. The van der Waals surface area contributed by atoms with Crippen molar-refractivity contribution in [2.24, 2.45) is 0 Å². The Labute approximate surface area is 90.1 Å². The molecule has 0 unspecified atom stereocenters. The van der Waals surface area contributed by atoms with Crippen molar-refractivity contribution in [2.45, 2.75) is 66.2 Å². The zero-order valence-electron chi connectivity index (χ0n) is 10.4. The zero-order chi connectivity index (χ0) is 10.8. The van der Waals surface area contributed by atoms with Crippen LogP contribution >= 0.6 is 0 Å². The van der Waals surface area contributed by atoms with E-state index in [9.17, 15) is 0 Å². The van der Waals surface area contributed by atoms with Gasteiger partial charge in [0.05, 0.1) is 0 Å². The van der Waals surface area contributed by atoms with Crippen LogP contribution in [-0.4, -0.2) is 0 Å². The first-order valence-electron chi connectivity index (χ1n) is 6.10. The van der Waals surface area contributed by atoms with Gasteiger partial charge in [0.2, 0.25) is 0 Å². The normalized spacial score (nSPS) is 13.4. The summed E-state index contributed by atoms with van der Waals surface area (Å²) in [5.41, 5.74) is 3.09. The van der Waals surface area contributed by atoms with Crippen molar-refractivity contribution in [3.8, 4) is 0 Å². The molecule has 0 saturated carbocycles. The molecule has 0 aliphatic rings. The predicted molar refractivity (Wildman–Crippen MR) is 66.6 cm³/mol. The number of hydrogen-bond acceptors (Lipinski definition) is 0. The molecular weight excluding hydrogens is 168 g/mol. The topological polar surface area (TPSA) is 0 Å². The van der Waals surface area contributed by atoms with Gasteiger partial charge in [-0.25, -0.2) is 0 Å². The summed E-state index contributed by atoms with van der Waals surface area (Å²) >= 11 is 0. The highest BCUT2D eigenvalue weighted by Gasteiger charge is 2.00. The van der Waals surface area contributed by atoms with Gasteiger partial charge >= 0.3 is 0 Å². The molecule has 0 spiro atoms. The molecule has 0 aromatic carbocycles. The fourth-order valence-corrected chi connectivity index (χ4v) is 1.85. The second-order valence-corrected chi connectivity index (χ2v) is 3.79. The van der Waals surface area contributed by atoms with Crippen LogP contribution in [0.3, 0.4) is 0 Å². The third-order valence-electron chi connectivity index (χ3n) is 2.79. The number of rotatable bonds is 7. The number of unbranched alkanes of at least 4 members (excludes halogenated alkanes) is 3. The monoisotopic (exact) mass is 194 g/mol. The van der Waals surface area contributed by atoms with Gasteiger partial charge in [-0.3, -0.25) is 0 Å². The lowest BCUT2D eigenvalue weighted by atomic mass is 9.97. The van der Waals surface area contributed by atoms with Crippen LogP contribution in [0.2, 0.25) is 0 Å². The van der Waals surface area contributed by atoms with Crippen molar-refractivity contribution >= 4 is 0 Å². The Balaban J connectivity index is 3.92. The Hall–Kier alpha value is -0.520. The van der Waals surface area contributed by atoms with Crippen LogP contribution in [0.5, 0.6) is 0 Å². The third kappa shape index (κ3) is 5.26. The Bertz CT molecular complexity index is 184. The van der Waals surface area contributed by atoms with Crippen molar-refractivity contribution in [3.63, 3.8) is 0 Å². The minimum Gasteiger partial charge on any atom is -0.0842 e. The van der Waals surface area contributed by atoms with Gasteiger partial charge in [-0.2, -0.15) is 0 Å². The maximum atomic E-state index is 2.28. The lowest BCUT2D eigenvalue weighted by molar-refractivity contribution is 0.664. The molecule has 0 nitrogen and oxygen atoms in total. The molecule has 14 heavy (non-hydrogen) atoms. The first kappa shape index (κ1) is 13.5. The summed E-state index contributed by atoms with van der Waals surface area (Å²) in [7, 11) is 0. The predicted octanol–water partition coefficient (Wildman–Crippen LogP) is 5.26. The maximum absolute atomic E-state index is 2.28. The molecule has 0 aromatic rings. The van der Waals surface area contributed by atoms with Crippen molar-refractivity contribution in [2.75, 3.05) is 0 Å².